The van der Waals surface area contributed by atoms with Crippen molar-refractivity contribution in [2.24, 2.45) is 0 Å². The molecule has 23 heavy (non-hydrogen) atoms. The van der Waals surface area contributed by atoms with Crippen LogP contribution in [0.5, 0.6) is 5.75 Å². The van der Waals surface area contributed by atoms with E-state index >= 15 is 0 Å². The van der Waals surface area contributed by atoms with Crippen LogP contribution in [-0.4, -0.2) is 23.1 Å². The van der Waals surface area contributed by atoms with Gasteiger partial charge in [-0.15, -0.1) is 11.3 Å². The van der Waals surface area contributed by atoms with Crippen LogP contribution in [0.25, 0.3) is 22.3 Å². The predicted octanol–water partition coefficient (Wildman–Crippen LogP) is 4.75. The van der Waals surface area contributed by atoms with Gasteiger partial charge in [-0.2, -0.15) is 0 Å². The van der Waals surface area contributed by atoms with Crippen molar-refractivity contribution in [2.75, 3.05) is 12.4 Å². The van der Waals surface area contributed by atoms with Crippen LogP contribution >= 0.6 is 11.3 Å². The number of fused-ring (bicyclic) bond motifs is 1. The van der Waals surface area contributed by atoms with Gasteiger partial charge in [0.05, 0.1) is 18.3 Å². The second-order valence-electron chi connectivity index (χ2n) is 5.74. The molecule has 0 saturated heterocycles. The van der Waals surface area contributed by atoms with Gasteiger partial charge in [0, 0.05) is 22.9 Å². The fourth-order valence-corrected chi connectivity index (χ4v) is 3.39. The zero-order valence-corrected chi connectivity index (χ0v) is 14.7. The predicted molar refractivity (Wildman–Crippen MR) is 97.5 cm³/mol. The fraction of sp³-hybridized carbons (Fsp3) is 0.333. The summed E-state index contributed by atoms with van der Waals surface area (Å²) in [6.07, 6.45) is 0.958. The summed E-state index contributed by atoms with van der Waals surface area (Å²) in [6, 6.07) is 8.56. The number of hydrogen-bond donors (Lipinski definition) is 1. The van der Waals surface area contributed by atoms with E-state index in [4.69, 9.17) is 9.72 Å². The molecule has 4 nitrogen and oxygen atoms in total. The van der Waals surface area contributed by atoms with E-state index in [1.165, 1.54) is 10.9 Å². The highest BCUT2D eigenvalue weighted by atomic mass is 32.1. The molecule has 0 atom stereocenters. The molecule has 1 N–H and O–H groups in total. The lowest BCUT2D eigenvalue weighted by Crippen LogP contribution is -2.09. The smallest absolute Gasteiger partial charge is 0.183 e. The number of ether oxygens (including phenoxy) is 1. The number of anilines is 1. The summed E-state index contributed by atoms with van der Waals surface area (Å²) in [4.78, 5) is 9.45. The molecule has 0 aliphatic heterocycles. The average molecular weight is 327 g/mol. The molecule has 0 spiro atoms. The van der Waals surface area contributed by atoms with Gasteiger partial charge in [0.1, 0.15) is 11.4 Å². The number of pyridine rings is 1. The average Bonchev–Trinajstić information content (AvgIpc) is 3.00. The monoisotopic (exact) mass is 327 g/mol. The molecule has 0 fully saturated rings. The van der Waals surface area contributed by atoms with Crippen molar-refractivity contribution in [1.29, 1.82) is 0 Å². The van der Waals surface area contributed by atoms with E-state index in [2.05, 4.69) is 48.6 Å². The first-order valence-electron chi connectivity index (χ1n) is 7.80. The molecule has 0 saturated carbocycles. The third kappa shape index (κ3) is 3.29. The summed E-state index contributed by atoms with van der Waals surface area (Å²) in [7, 11) is 1.68. The van der Waals surface area contributed by atoms with E-state index in [-0.39, 0.29) is 0 Å². The molecule has 0 amide bonds. The number of aryl methyl sites for hydroxylation is 1. The first-order valence-corrected chi connectivity index (χ1v) is 8.68. The summed E-state index contributed by atoms with van der Waals surface area (Å²) >= 11 is 1.61. The van der Waals surface area contributed by atoms with E-state index in [1.807, 2.05) is 12.1 Å². The van der Waals surface area contributed by atoms with Crippen molar-refractivity contribution in [3.8, 4) is 17.1 Å². The second kappa shape index (κ2) is 6.54. The summed E-state index contributed by atoms with van der Waals surface area (Å²) in [5, 5.41) is 7.50. The highest BCUT2D eigenvalue weighted by molar-refractivity contribution is 7.14. The van der Waals surface area contributed by atoms with Crippen LogP contribution in [0.4, 0.5) is 5.13 Å². The van der Waals surface area contributed by atoms with Crippen LogP contribution in [0.3, 0.4) is 0 Å². The molecule has 2 heterocycles. The van der Waals surface area contributed by atoms with Crippen LogP contribution in [0.15, 0.2) is 29.6 Å². The summed E-state index contributed by atoms with van der Waals surface area (Å²) < 4.78 is 5.33. The number of methoxy groups -OCH3 is 1. The number of rotatable bonds is 5. The molecule has 0 aliphatic carbocycles. The molecule has 1 aromatic carbocycles. The molecule has 0 radical (unpaired) electrons. The lowest BCUT2D eigenvalue weighted by Gasteiger charge is -2.09. The van der Waals surface area contributed by atoms with E-state index in [0.29, 0.717) is 6.04 Å². The van der Waals surface area contributed by atoms with Crippen molar-refractivity contribution in [3.63, 3.8) is 0 Å². The molecule has 0 unspecified atom stereocenters. The number of nitrogens with zero attached hydrogens (tertiary/aromatic N) is 2. The lowest BCUT2D eigenvalue weighted by molar-refractivity contribution is 0.415. The molecular formula is C18H21N3OS. The minimum Gasteiger partial charge on any atom is -0.497 e. The highest BCUT2D eigenvalue weighted by Gasteiger charge is 2.11. The molecule has 0 bridgehead atoms. The van der Waals surface area contributed by atoms with Gasteiger partial charge in [-0.1, -0.05) is 6.92 Å². The van der Waals surface area contributed by atoms with Crippen LogP contribution in [0.1, 0.15) is 26.3 Å². The minimum atomic E-state index is 0.369. The van der Waals surface area contributed by atoms with Gasteiger partial charge < -0.3 is 10.1 Å². The Morgan fingerprint density at radius 3 is 2.70 bits per heavy atom. The van der Waals surface area contributed by atoms with Gasteiger partial charge in [-0.3, -0.25) is 0 Å². The normalized spacial score (nSPS) is 11.2. The van der Waals surface area contributed by atoms with E-state index in [1.54, 1.807) is 18.4 Å². The van der Waals surface area contributed by atoms with Crippen molar-refractivity contribution in [3.05, 3.63) is 35.2 Å². The lowest BCUT2D eigenvalue weighted by atomic mass is 10.0. The van der Waals surface area contributed by atoms with E-state index in [0.717, 1.165) is 34.2 Å². The molecule has 3 rings (SSSR count). The Labute approximate surface area is 140 Å². The molecule has 120 valence electrons. The van der Waals surface area contributed by atoms with Crippen LogP contribution in [-0.2, 0) is 6.42 Å². The molecule has 2 aromatic heterocycles. The van der Waals surface area contributed by atoms with Crippen molar-refractivity contribution in [2.45, 2.75) is 33.2 Å². The number of hydrogen-bond acceptors (Lipinski definition) is 5. The largest absolute Gasteiger partial charge is 0.497 e. The standard InChI is InChI=1S/C18H21N3OS/c1-5-12-8-16(17-10-23-18(21-17)19-11(2)3)20-15-9-13(22-4)6-7-14(12)15/h6-11H,5H2,1-4H3,(H,19,21). The Kier molecular flexibility index (Phi) is 4.48. The van der Waals surface area contributed by atoms with Crippen LogP contribution in [0, 0.1) is 0 Å². The van der Waals surface area contributed by atoms with Gasteiger partial charge in [0.2, 0.25) is 0 Å². The van der Waals surface area contributed by atoms with Crippen molar-refractivity contribution in [1.82, 2.24) is 9.97 Å². The summed E-state index contributed by atoms with van der Waals surface area (Å²) in [6.45, 7) is 6.38. The van der Waals surface area contributed by atoms with Crippen LogP contribution < -0.4 is 10.1 Å². The topological polar surface area (TPSA) is 47.0 Å². The Morgan fingerprint density at radius 2 is 2.00 bits per heavy atom. The number of thiazole rings is 1. The molecule has 0 aliphatic rings. The number of nitrogens with one attached hydrogen (secondary N) is 1. The number of benzene rings is 1. The maximum Gasteiger partial charge on any atom is 0.183 e. The van der Waals surface area contributed by atoms with Gasteiger partial charge in [0.25, 0.3) is 0 Å². The Morgan fingerprint density at radius 1 is 1.17 bits per heavy atom. The fourth-order valence-electron chi connectivity index (χ4n) is 2.54. The van der Waals surface area contributed by atoms with E-state index < -0.39 is 0 Å². The van der Waals surface area contributed by atoms with Crippen molar-refractivity contribution >= 4 is 27.4 Å². The van der Waals surface area contributed by atoms with Gasteiger partial charge in [-0.25, -0.2) is 9.97 Å². The Hall–Kier alpha value is -2.14. The molecule has 5 heteroatoms. The summed E-state index contributed by atoms with van der Waals surface area (Å²) in [5.41, 5.74) is 4.05. The quantitative estimate of drug-likeness (QED) is 0.734. The first kappa shape index (κ1) is 15.7. The van der Waals surface area contributed by atoms with E-state index in [9.17, 15) is 0 Å². The third-order valence-electron chi connectivity index (χ3n) is 3.66. The number of aromatic nitrogens is 2. The summed E-state index contributed by atoms with van der Waals surface area (Å²) in [5.74, 6) is 0.824. The Balaban J connectivity index is 2.08. The maximum atomic E-state index is 5.33. The third-order valence-corrected chi connectivity index (χ3v) is 4.44. The minimum absolute atomic E-state index is 0.369. The maximum absolute atomic E-state index is 5.33. The Bertz CT molecular complexity index is 826. The van der Waals surface area contributed by atoms with Crippen molar-refractivity contribution < 1.29 is 4.74 Å². The van der Waals surface area contributed by atoms with Gasteiger partial charge in [-0.05, 0) is 44.0 Å². The first-order chi connectivity index (χ1) is 11.1. The van der Waals surface area contributed by atoms with Gasteiger partial charge >= 0.3 is 0 Å². The highest BCUT2D eigenvalue weighted by Crippen LogP contribution is 2.29. The molecular weight excluding hydrogens is 306 g/mol. The molecule has 3 aromatic rings. The second-order valence-corrected chi connectivity index (χ2v) is 6.60. The zero-order chi connectivity index (χ0) is 16.4. The SMILES string of the molecule is CCc1cc(-c2csc(NC(C)C)n2)nc2cc(OC)ccc12. The zero-order valence-electron chi connectivity index (χ0n) is 13.9. The van der Waals surface area contributed by atoms with Gasteiger partial charge in [0.15, 0.2) is 5.13 Å². The van der Waals surface area contributed by atoms with Crippen LogP contribution in [0.2, 0.25) is 0 Å².